The van der Waals surface area contributed by atoms with E-state index in [9.17, 15) is 5.11 Å². The number of aliphatic hydroxyl groups is 1. The molecule has 1 unspecified atom stereocenters. The van der Waals surface area contributed by atoms with Crippen molar-refractivity contribution in [2.24, 2.45) is 0 Å². The summed E-state index contributed by atoms with van der Waals surface area (Å²) in [6.07, 6.45) is 1.44. The van der Waals surface area contributed by atoms with Crippen LogP contribution in [0.3, 0.4) is 0 Å². The first-order valence-electron chi connectivity index (χ1n) is 5.16. The predicted octanol–water partition coefficient (Wildman–Crippen LogP) is 0.636. The number of hydrogen-bond donors (Lipinski definition) is 1. The number of halogens is 1. The third-order valence-electron chi connectivity index (χ3n) is 2.71. The average molecular weight is 244 g/mol. The maximum Gasteiger partial charge on any atom is 0.137 e. The summed E-state index contributed by atoms with van der Waals surface area (Å²) >= 11 is 5.95. The fourth-order valence-electron chi connectivity index (χ4n) is 1.79. The van der Waals surface area contributed by atoms with Crippen LogP contribution < -0.4 is 4.90 Å². The summed E-state index contributed by atoms with van der Waals surface area (Å²) in [6.45, 7) is 3.77. The third-order valence-corrected chi connectivity index (χ3v) is 3.09. The Morgan fingerprint density at radius 2 is 2.44 bits per heavy atom. The van der Waals surface area contributed by atoms with Crippen LogP contribution >= 0.6 is 11.6 Å². The van der Waals surface area contributed by atoms with Crippen LogP contribution in [0.15, 0.2) is 6.33 Å². The molecule has 88 valence electrons. The molecular weight excluding hydrogens is 230 g/mol. The fourth-order valence-corrected chi connectivity index (χ4v) is 1.92. The molecule has 1 aromatic heterocycles. The molecule has 0 radical (unpaired) electrons. The molecule has 0 aliphatic carbocycles. The number of anilines is 1. The van der Waals surface area contributed by atoms with Crippen LogP contribution in [0.25, 0.3) is 0 Å². The SMILES string of the molecule is Cc1c(Cl)ncnc1N1CCOCC1CO. The minimum absolute atomic E-state index is 0.0427. The predicted molar refractivity (Wildman–Crippen MR) is 60.8 cm³/mol. The quantitative estimate of drug-likeness (QED) is 0.773. The van der Waals surface area contributed by atoms with Gasteiger partial charge in [0.1, 0.15) is 17.3 Å². The van der Waals surface area contributed by atoms with Crippen LogP contribution in [0.2, 0.25) is 5.15 Å². The van der Waals surface area contributed by atoms with Crippen molar-refractivity contribution in [2.75, 3.05) is 31.3 Å². The lowest BCUT2D eigenvalue weighted by Crippen LogP contribution is -2.48. The molecule has 16 heavy (non-hydrogen) atoms. The zero-order chi connectivity index (χ0) is 11.5. The van der Waals surface area contributed by atoms with Crippen LogP contribution in [-0.4, -0.2) is 47.5 Å². The largest absolute Gasteiger partial charge is 0.394 e. The van der Waals surface area contributed by atoms with E-state index in [1.807, 2.05) is 11.8 Å². The number of hydrogen-bond acceptors (Lipinski definition) is 5. The van der Waals surface area contributed by atoms with Gasteiger partial charge in [-0.2, -0.15) is 0 Å². The van der Waals surface area contributed by atoms with Gasteiger partial charge in [0.2, 0.25) is 0 Å². The van der Waals surface area contributed by atoms with E-state index in [0.29, 0.717) is 24.9 Å². The van der Waals surface area contributed by atoms with E-state index < -0.39 is 0 Å². The molecule has 0 aromatic carbocycles. The zero-order valence-corrected chi connectivity index (χ0v) is 9.81. The lowest BCUT2D eigenvalue weighted by Gasteiger charge is -2.36. The molecule has 5 nitrogen and oxygen atoms in total. The van der Waals surface area contributed by atoms with Crippen molar-refractivity contribution in [3.63, 3.8) is 0 Å². The molecular formula is C10H14ClN3O2. The van der Waals surface area contributed by atoms with Gasteiger partial charge in [0.15, 0.2) is 0 Å². The number of aliphatic hydroxyl groups excluding tert-OH is 1. The molecule has 1 N–H and O–H groups in total. The average Bonchev–Trinajstić information content (AvgIpc) is 2.33. The summed E-state index contributed by atoms with van der Waals surface area (Å²) < 4.78 is 5.32. The molecule has 1 atom stereocenters. The van der Waals surface area contributed by atoms with Crippen molar-refractivity contribution in [3.05, 3.63) is 17.0 Å². The molecule has 6 heteroatoms. The second kappa shape index (κ2) is 4.95. The van der Waals surface area contributed by atoms with Crippen molar-refractivity contribution in [1.82, 2.24) is 9.97 Å². The smallest absolute Gasteiger partial charge is 0.137 e. The van der Waals surface area contributed by atoms with E-state index in [4.69, 9.17) is 16.3 Å². The highest BCUT2D eigenvalue weighted by atomic mass is 35.5. The molecule has 1 aliphatic heterocycles. The van der Waals surface area contributed by atoms with Gasteiger partial charge >= 0.3 is 0 Å². The monoisotopic (exact) mass is 243 g/mol. The van der Waals surface area contributed by atoms with Gasteiger partial charge in [-0.3, -0.25) is 0 Å². The Morgan fingerprint density at radius 1 is 1.62 bits per heavy atom. The molecule has 2 heterocycles. The standard InChI is InChI=1S/C10H14ClN3O2/c1-7-9(11)12-6-13-10(7)14-2-3-16-5-8(14)4-15/h6,8,15H,2-5H2,1H3. The maximum atomic E-state index is 9.28. The van der Waals surface area contributed by atoms with E-state index in [-0.39, 0.29) is 12.6 Å². The summed E-state index contributed by atoms with van der Waals surface area (Å²) in [5, 5.41) is 9.74. The van der Waals surface area contributed by atoms with Crippen molar-refractivity contribution < 1.29 is 9.84 Å². The number of nitrogens with zero attached hydrogens (tertiary/aromatic N) is 3. The summed E-state index contributed by atoms with van der Waals surface area (Å²) in [5.74, 6) is 0.780. The Morgan fingerprint density at radius 3 is 3.19 bits per heavy atom. The highest BCUT2D eigenvalue weighted by Gasteiger charge is 2.25. The molecule has 0 saturated carbocycles. The first-order chi connectivity index (χ1) is 7.74. The Bertz CT molecular complexity index is 375. The Balaban J connectivity index is 2.30. The Hall–Kier alpha value is -0.910. The van der Waals surface area contributed by atoms with Crippen LogP contribution in [-0.2, 0) is 4.74 Å². The van der Waals surface area contributed by atoms with Crippen molar-refractivity contribution in [1.29, 1.82) is 0 Å². The van der Waals surface area contributed by atoms with Crippen LogP contribution in [0.1, 0.15) is 5.56 Å². The molecule has 1 aromatic rings. The van der Waals surface area contributed by atoms with E-state index in [2.05, 4.69) is 9.97 Å². The van der Waals surface area contributed by atoms with Gasteiger partial charge in [0.25, 0.3) is 0 Å². The summed E-state index contributed by atoms with van der Waals surface area (Å²) in [6, 6.07) is -0.0570. The van der Waals surface area contributed by atoms with E-state index in [1.165, 1.54) is 6.33 Å². The van der Waals surface area contributed by atoms with Gasteiger partial charge in [0.05, 0.1) is 25.9 Å². The summed E-state index contributed by atoms with van der Waals surface area (Å²) in [5.41, 5.74) is 0.838. The van der Waals surface area contributed by atoms with Gasteiger partial charge in [-0.1, -0.05) is 11.6 Å². The number of morpholine rings is 1. The van der Waals surface area contributed by atoms with Gasteiger partial charge in [-0.25, -0.2) is 9.97 Å². The minimum Gasteiger partial charge on any atom is -0.394 e. The topological polar surface area (TPSA) is 58.5 Å². The van der Waals surface area contributed by atoms with E-state index in [1.54, 1.807) is 0 Å². The lowest BCUT2D eigenvalue weighted by atomic mass is 10.2. The first kappa shape index (κ1) is 11.6. The number of aromatic nitrogens is 2. The van der Waals surface area contributed by atoms with Crippen LogP contribution in [0.5, 0.6) is 0 Å². The molecule has 1 aliphatic rings. The van der Waals surface area contributed by atoms with E-state index >= 15 is 0 Å². The molecule has 0 spiro atoms. The minimum atomic E-state index is -0.0570. The molecule has 0 amide bonds. The normalized spacial score (nSPS) is 21.2. The zero-order valence-electron chi connectivity index (χ0n) is 9.06. The summed E-state index contributed by atoms with van der Waals surface area (Å²) in [4.78, 5) is 10.2. The van der Waals surface area contributed by atoms with E-state index in [0.717, 1.165) is 11.4 Å². The van der Waals surface area contributed by atoms with Gasteiger partial charge in [-0.15, -0.1) is 0 Å². The second-order valence-corrected chi connectivity index (χ2v) is 4.08. The first-order valence-corrected chi connectivity index (χ1v) is 5.54. The highest BCUT2D eigenvalue weighted by Crippen LogP contribution is 2.24. The molecule has 0 bridgehead atoms. The third kappa shape index (κ3) is 2.11. The molecule has 2 rings (SSSR count). The molecule has 1 fully saturated rings. The maximum absolute atomic E-state index is 9.28. The summed E-state index contributed by atoms with van der Waals surface area (Å²) in [7, 11) is 0. The van der Waals surface area contributed by atoms with Crippen LogP contribution in [0, 0.1) is 6.92 Å². The number of rotatable bonds is 2. The van der Waals surface area contributed by atoms with Gasteiger partial charge in [0, 0.05) is 12.1 Å². The van der Waals surface area contributed by atoms with Gasteiger partial charge in [-0.05, 0) is 6.92 Å². The lowest BCUT2D eigenvalue weighted by molar-refractivity contribution is 0.0722. The van der Waals surface area contributed by atoms with Crippen molar-refractivity contribution >= 4 is 17.4 Å². The van der Waals surface area contributed by atoms with Crippen molar-refractivity contribution in [2.45, 2.75) is 13.0 Å². The van der Waals surface area contributed by atoms with Crippen LogP contribution in [0.4, 0.5) is 5.82 Å². The Labute approximate surface area is 99.0 Å². The van der Waals surface area contributed by atoms with Crippen molar-refractivity contribution in [3.8, 4) is 0 Å². The number of ether oxygens (including phenoxy) is 1. The Kier molecular flexibility index (Phi) is 3.58. The fraction of sp³-hybridized carbons (Fsp3) is 0.600. The second-order valence-electron chi connectivity index (χ2n) is 3.72. The highest BCUT2D eigenvalue weighted by molar-refractivity contribution is 6.30. The molecule has 1 saturated heterocycles. The van der Waals surface area contributed by atoms with Gasteiger partial charge < -0.3 is 14.7 Å².